The fourth-order valence-electron chi connectivity index (χ4n) is 2.85. The third-order valence-corrected chi connectivity index (χ3v) is 5.05. The van der Waals surface area contributed by atoms with Crippen LogP contribution in [0.5, 0.6) is 0 Å². The van der Waals surface area contributed by atoms with E-state index in [0.717, 1.165) is 31.9 Å². The van der Waals surface area contributed by atoms with Crippen LogP contribution in [0.2, 0.25) is 0 Å². The van der Waals surface area contributed by atoms with Crippen molar-refractivity contribution in [2.45, 2.75) is 39.4 Å². The average Bonchev–Trinajstić information content (AvgIpc) is 3.09. The zero-order chi connectivity index (χ0) is 13.9. The molecule has 0 fully saturated rings. The van der Waals surface area contributed by atoms with Crippen molar-refractivity contribution in [2.75, 3.05) is 13.1 Å². The smallest absolute Gasteiger partial charge is 0.118 e. The Labute approximate surface area is 124 Å². The van der Waals surface area contributed by atoms with Gasteiger partial charge in [0.1, 0.15) is 5.76 Å². The molecule has 0 radical (unpaired) electrons. The summed E-state index contributed by atoms with van der Waals surface area (Å²) in [6, 6.07) is 4.95. The number of nitrogens with one attached hydrogen (secondary N) is 1. The minimum Gasteiger partial charge on any atom is -0.468 e. The molecule has 0 saturated heterocycles. The Bertz CT molecular complexity index is 560. The third-order valence-electron chi connectivity index (χ3n) is 4.05. The molecule has 20 heavy (non-hydrogen) atoms. The van der Waals surface area contributed by atoms with E-state index in [2.05, 4.69) is 41.6 Å². The standard InChI is InChI=1S/C16H22N2OS/c1-3-17-9-13-8-14(19-11-13)10-18-6-4-16-15(12(18)2)5-7-20-16/h5,7-8,11-12,17H,3-4,6,9-10H2,1-2H3. The molecule has 1 atom stereocenters. The number of furan rings is 1. The number of fused-ring (bicyclic) bond motifs is 1. The summed E-state index contributed by atoms with van der Waals surface area (Å²) in [5.41, 5.74) is 2.74. The van der Waals surface area contributed by atoms with Crippen LogP contribution in [-0.2, 0) is 19.5 Å². The molecule has 3 nitrogen and oxygen atoms in total. The van der Waals surface area contributed by atoms with Crippen molar-refractivity contribution < 1.29 is 4.42 Å². The van der Waals surface area contributed by atoms with Gasteiger partial charge in [0, 0.05) is 29.6 Å². The zero-order valence-electron chi connectivity index (χ0n) is 12.2. The van der Waals surface area contributed by atoms with E-state index in [1.54, 1.807) is 4.88 Å². The summed E-state index contributed by atoms with van der Waals surface area (Å²) < 4.78 is 5.70. The van der Waals surface area contributed by atoms with Crippen molar-refractivity contribution >= 4 is 11.3 Å². The van der Waals surface area contributed by atoms with Crippen LogP contribution in [0.3, 0.4) is 0 Å². The number of thiophene rings is 1. The molecular weight excluding hydrogens is 268 g/mol. The van der Waals surface area contributed by atoms with Gasteiger partial charge in [0.25, 0.3) is 0 Å². The Morgan fingerprint density at radius 2 is 2.40 bits per heavy atom. The Morgan fingerprint density at radius 1 is 1.50 bits per heavy atom. The van der Waals surface area contributed by atoms with E-state index in [0.29, 0.717) is 6.04 Å². The lowest BCUT2D eigenvalue weighted by Crippen LogP contribution is -2.32. The van der Waals surface area contributed by atoms with Crippen LogP contribution < -0.4 is 5.32 Å². The van der Waals surface area contributed by atoms with Crippen LogP contribution in [0.25, 0.3) is 0 Å². The van der Waals surface area contributed by atoms with Gasteiger partial charge in [-0.2, -0.15) is 0 Å². The van der Waals surface area contributed by atoms with Crippen LogP contribution in [0.15, 0.2) is 28.2 Å². The maximum atomic E-state index is 5.70. The lowest BCUT2D eigenvalue weighted by atomic mass is 10.0. The molecular formula is C16H22N2OS. The molecule has 1 aliphatic heterocycles. The van der Waals surface area contributed by atoms with E-state index in [1.165, 1.54) is 17.5 Å². The second kappa shape index (κ2) is 6.12. The SMILES string of the molecule is CCNCc1coc(CN2CCc3sccc3C2C)c1. The number of hydrogen-bond donors (Lipinski definition) is 1. The first-order chi connectivity index (χ1) is 9.78. The van der Waals surface area contributed by atoms with Gasteiger partial charge in [0.15, 0.2) is 0 Å². The molecule has 2 aromatic heterocycles. The Hall–Kier alpha value is -1.10. The quantitative estimate of drug-likeness (QED) is 0.912. The summed E-state index contributed by atoms with van der Waals surface area (Å²) in [4.78, 5) is 4.06. The molecule has 1 aliphatic rings. The molecule has 108 valence electrons. The molecule has 3 heterocycles. The summed E-state index contributed by atoms with van der Waals surface area (Å²) in [6.07, 6.45) is 3.05. The van der Waals surface area contributed by atoms with Crippen molar-refractivity contribution in [3.8, 4) is 0 Å². The van der Waals surface area contributed by atoms with Crippen LogP contribution >= 0.6 is 11.3 Å². The van der Waals surface area contributed by atoms with Gasteiger partial charge in [0.05, 0.1) is 12.8 Å². The van der Waals surface area contributed by atoms with E-state index in [-0.39, 0.29) is 0 Å². The fourth-order valence-corrected chi connectivity index (χ4v) is 3.81. The van der Waals surface area contributed by atoms with E-state index in [4.69, 9.17) is 4.42 Å². The molecule has 0 bridgehead atoms. The Balaban J connectivity index is 1.65. The maximum absolute atomic E-state index is 5.70. The molecule has 2 aromatic rings. The van der Waals surface area contributed by atoms with Gasteiger partial charge in [0.2, 0.25) is 0 Å². The third kappa shape index (κ3) is 2.82. The van der Waals surface area contributed by atoms with Crippen molar-refractivity contribution in [1.29, 1.82) is 0 Å². The molecule has 0 saturated carbocycles. The molecule has 0 aliphatic carbocycles. The normalized spacial score (nSPS) is 19.2. The van der Waals surface area contributed by atoms with Crippen molar-refractivity contribution in [2.24, 2.45) is 0 Å². The van der Waals surface area contributed by atoms with Gasteiger partial charge in [-0.15, -0.1) is 11.3 Å². The van der Waals surface area contributed by atoms with Crippen molar-refractivity contribution in [3.05, 3.63) is 45.5 Å². The van der Waals surface area contributed by atoms with E-state index < -0.39 is 0 Å². The Morgan fingerprint density at radius 3 is 3.25 bits per heavy atom. The number of hydrogen-bond acceptors (Lipinski definition) is 4. The van der Waals surface area contributed by atoms with Gasteiger partial charge in [-0.3, -0.25) is 4.90 Å². The molecule has 0 aromatic carbocycles. The highest BCUT2D eigenvalue weighted by Gasteiger charge is 2.25. The molecule has 1 N–H and O–H groups in total. The molecule has 1 unspecified atom stereocenters. The number of rotatable bonds is 5. The van der Waals surface area contributed by atoms with Gasteiger partial charge < -0.3 is 9.73 Å². The first-order valence-electron chi connectivity index (χ1n) is 7.35. The molecule has 0 amide bonds. The van der Waals surface area contributed by atoms with E-state index in [1.807, 2.05) is 17.6 Å². The number of nitrogens with zero attached hydrogens (tertiary/aromatic N) is 1. The first kappa shape index (κ1) is 13.9. The second-order valence-electron chi connectivity index (χ2n) is 5.40. The summed E-state index contributed by atoms with van der Waals surface area (Å²) in [5, 5.41) is 5.54. The minimum atomic E-state index is 0.493. The second-order valence-corrected chi connectivity index (χ2v) is 6.40. The van der Waals surface area contributed by atoms with E-state index in [9.17, 15) is 0 Å². The maximum Gasteiger partial charge on any atom is 0.118 e. The van der Waals surface area contributed by atoms with Crippen LogP contribution in [-0.4, -0.2) is 18.0 Å². The zero-order valence-corrected chi connectivity index (χ0v) is 13.0. The highest BCUT2D eigenvalue weighted by molar-refractivity contribution is 7.10. The van der Waals surface area contributed by atoms with Crippen molar-refractivity contribution in [1.82, 2.24) is 10.2 Å². The first-order valence-corrected chi connectivity index (χ1v) is 8.23. The van der Waals surface area contributed by atoms with Crippen LogP contribution in [0, 0.1) is 0 Å². The Kier molecular flexibility index (Phi) is 4.24. The van der Waals surface area contributed by atoms with Gasteiger partial charge >= 0.3 is 0 Å². The molecule has 4 heteroatoms. The largest absolute Gasteiger partial charge is 0.468 e. The topological polar surface area (TPSA) is 28.4 Å². The van der Waals surface area contributed by atoms with E-state index >= 15 is 0 Å². The van der Waals surface area contributed by atoms with Gasteiger partial charge in [-0.05, 0) is 43.0 Å². The summed E-state index contributed by atoms with van der Waals surface area (Å²) >= 11 is 1.89. The van der Waals surface area contributed by atoms with Crippen LogP contribution in [0.1, 0.15) is 41.7 Å². The lowest BCUT2D eigenvalue weighted by Gasteiger charge is -2.32. The monoisotopic (exact) mass is 290 g/mol. The highest BCUT2D eigenvalue weighted by atomic mass is 32.1. The summed E-state index contributed by atoms with van der Waals surface area (Å²) in [5.74, 6) is 1.07. The minimum absolute atomic E-state index is 0.493. The highest BCUT2D eigenvalue weighted by Crippen LogP contribution is 2.33. The average molecular weight is 290 g/mol. The lowest BCUT2D eigenvalue weighted by molar-refractivity contribution is 0.177. The van der Waals surface area contributed by atoms with Gasteiger partial charge in [-0.1, -0.05) is 6.92 Å². The summed E-state index contributed by atoms with van der Waals surface area (Å²) in [7, 11) is 0. The molecule has 3 rings (SSSR count). The summed E-state index contributed by atoms with van der Waals surface area (Å²) in [6.45, 7) is 8.33. The van der Waals surface area contributed by atoms with Crippen molar-refractivity contribution in [3.63, 3.8) is 0 Å². The predicted octanol–water partition coefficient (Wildman–Crippen LogP) is 3.57. The molecule has 0 spiro atoms. The van der Waals surface area contributed by atoms with Crippen LogP contribution in [0.4, 0.5) is 0 Å². The fraction of sp³-hybridized carbons (Fsp3) is 0.500. The van der Waals surface area contributed by atoms with Gasteiger partial charge in [-0.25, -0.2) is 0 Å². The predicted molar refractivity (Wildman–Crippen MR) is 82.9 cm³/mol.